The zero-order valence-electron chi connectivity index (χ0n) is 13.1. The molecular formula is C17H27BrN2O. The zero-order valence-corrected chi connectivity index (χ0v) is 14.7. The summed E-state index contributed by atoms with van der Waals surface area (Å²) >= 11 is 3.57. The number of likely N-dealkylation sites (tertiary alicyclic amines) is 1. The molecule has 0 saturated carbocycles. The van der Waals surface area contributed by atoms with E-state index in [4.69, 9.17) is 4.74 Å². The topological polar surface area (TPSA) is 24.5 Å². The molecule has 1 saturated heterocycles. The number of nitrogens with zero attached hydrogens (tertiary/aromatic N) is 1. The molecule has 1 unspecified atom stereocenters. The van der Waals surface area contributed by atoms with Crippen molar-refractivity contribution in [1.29, 1.82) is 0 Å². The van der Waals surface area contributed by atoms with Crippen LogP contribution >= 0.6 is 15.9 Å². The smallest absolute Gasteiger partial charge is 0.0595 e. The second-order valence-electron chi connectivity index (χ2n) is 5.73. The molecule has 1 aromatic rings. The van der Waals surface area contributed by atoms with E-state index >= 15 is 0 Å². The third-order valence-electron chi connectivity index (χ3n) is 4.30. The minimum atomic E-state index is 0.438. The fourth-order valence-electron chi connectivity index (χ4n) is 3.04. The molecule has 1 fully saturated rings. The van der Waals surface area contributed by atoms with Gasteiger partial charge in [-0.05, 0) is 50.0 Å². The number of ether oxygens (including phenoxy) is 1. The van der Waals surface area contributed by atoms with Crippen LogP contribution in [-0.2, 0) is 4.74 Å². The third-order valence-corrected chi connectivity index (χ3v) is 4.80. The zero-order chi connectivity index (χ0) is 15.1. The highest BCUT2D eigenvalue weighted by Crippen LogP contribution is 2.22. The Morgan fingerprint density at radius 2 is 2.14 bits per heavy atom. The average molecular weight is 355 g/mol. The number of nitrogens with one attached hydrogen (secondary N) is 1. The number of rotatable bonds is 7. The maximum atomic E-state index is 5.44. The molecule has 1 heterocycles. The van der Waals surface area contributed by atoms with Gasteiger partial charge in [0.25, 0.3) is 0 Å². The van der Waals surface area contributed by atoms with Gasteiger partial charge in [0.15, 0.2) is 0 Å². The lowest BCUT2D eigenvalue weighted by Crippen LogP contribution is -2.38. The van der Waals surface area contributed by atoms with Crippen LogP contribution in [-0.4, -0.2) is 44.3 Å². The quantitative estimate of drug-likeness (QED) is 0.809. The van der Waals surface area contributed by atoms with Gasteiger partial charge in [0.1, 0.15) is 0 Å². The second kappa shape index (κ2) is 8.89. The van der Waals surface area contributed by atoms with Crippen LogP contribution in [0.3, 0.4) is 0 Å². The summed E-state index contributed by atoms with van der Waals surface area (Å²) in [5, 5.41) is 3.61. The monoisotopic (exact) mass is 354 g/mol. The highest BCUT2D eigenvalue weighted by Gasteiger charge is 2.19. The van der Waals surface area contributed by atoms with Crippen LogP contribution in [0.2, 0.25) is 0 Å². The first kappa shape index (κ1) is 16.9. The molecule has 4 heteroatoms. The van der Waals surface area contributed by atoms with Crippen molar-refractivity contribution < 1.29 is 4.74 Å². The Labute approximate surface area is 137 Å². The first-order chi connectivity index (χ1) is 10.2. The van der Waals surface area contributed by atoms with Crippen molar-refractivity contribution in [2.24, 2.45) is 0 Å². The lowest BCUT2D eigenvalue weighted by atomic mass is 10.0. The summed E-state index contributed by atoms with van der Waals surface area (Å²) in [6.07, 6.45) is 3.95. The first-order valence-electron chi connectivity index (χ1n) is 7.97. The number of benzene rings is 1. The molecule has 0 radical (unpaired) electrons. The van der Waals surface area contributed by atoms with Gasteiger partial charge in [0.2, 0.25) is 0 Å². The molecule has 3 nitrogen and oxygen atoms in total. The van der Waals surface area contributed by atoms with Gasteiger partial charge in [-0.25, -0.2) is 0 Å². The standard InChI is InChI=1S/C17H27BrN2O/c1-3-19-17(14-5-4-6-15(18)13-14)9-12-20-10-7-16(21-2)8-11-20/h4-6,13,16-17,19H,3,7-12H2,1-2H3. The van der Waals surface area contributed by atoms with E-state index in [0.717, 1.165) is 37.1 Å². The van der Waals surface area contributed by atoms with E-state index in [9.17, 15) is 0 Å². The summed E-state index contributed by atoms with van der Waals surface area (Å²) in [6.45, 7) is 6.66. The lowest BCUT2D eigenvalue weighted by Gasteiger charge is -2.32. The molecule has 0 aromatic heterocycles. The minimum absolute atomic E-state index is 0.438. The molecule has 21 heavy (non-hydrogen) atoms. The number of hydrogen-bond acceptors (Lipinski definition) is 3. The van der Waals surface area contributed by atoms with Gasteiger partial charge in [-0.2, -0.15) is 0 Å². The van der Waals surface area contributed by atoms with E-state index in [-0.39, 0.29) is 0 Å². The first-order valence-corrected chi connectivity index (χ1v) is 8.76. The van der Waals surface area contributed by atoms with Crippen LogP contribution in [0.4, 0.5) is 0 Å². The summed E-state index contributed by atoms with van der Waals surface area (Å²) in [6, 6.07) is 9.09. The van der Waals surface area contributed by atoms with Crippen molar-refractivity contribution in [3.8, 4) is 0 Å². The molecule has 118 valence electrons. The molecule has 1 aromatic carbocycles. The van der Waals surface area contributed by atoms with E-state index < -0.39 is 0 Å². The number of piperidine rings is 1. The van der Waals surface area contributed by atoms with Crippen molar-refractivity contribution in [2.75, 3.05) is 33.3 Å². The fraction of sp³-hybridized carbons (Fsp3) is 0.647. The van der Waals surface area contributed by atoms with Gasteiger partial charge >= 0.3 is 0 Å². The number of methoxy groups -OCH3 is 1. The summed E-state index contributed by atoms with van der Waals surface area (Å²) < 4.78 is 6.60. The molecule has 0 spiro atoms. The predicted octanol–water partition coefficient (Wildman–Crippen LogP) is 3.60. The Balaban J connectivity index is 1.86. The van der Waals surface area contributed by atoms with Gasteiger partial charge in [-0.15, -0.1) is 0 Å². The highest BCUT2D eigenvalue weighted by molar-refractivity contribution is 9.10. The molecular weight excluding hydrogens is 328 g/mol. The molecule has 1 aliphatic rings. The third kappa shape index (κ3) is 5.37. The Kier molecular flexibility index (Phi) is 7.17. The van der Waals surface area contributed by atoms with Crippen LogP contribution in [0.25, 0.3) is 0 Å². The predicted molar refractivity (Wildman–Crippen MR) is 91.6 cm³/mol. The van der Waals surface area contributed by atoms with Crippen molar-refractivity contribution >= 4 is 15.9 Å². The number of hydrogen-bond donors (Lipinski definition) is 1. The second-order valence-corrected chi connectivity index (χ2v) is 6.65. The van der Waals surface area contributed by atoms with E-state index in [0.29, 0.717) is 12.1 Å². The van der Waals surface area contributed by atoms with Crippen molar-refractivity contribution in [2.45, 2.75) is 38.3 Å². The Morgan fingerprint density at radius 1 is 1.38 bits per heavy atom. The van der Waals surface area contributed by atoms with Gasteiger partial charge in [-0.1, -0.05) is 35.0 Å². The SMILES string of the molecule is CCNC(CCN1CCC(OC)CC1)c1cccc(Br)c1. The van der Waals surface area contributed by atoms with Crippen molar-refractivity contribution in [3.05, 3.63) is 34.3 Å². The lowest BCUT2D eigenvalue weighted by molar-refractivity contribution is 0.0401. The molecule has 0 bridgehead atoms. The fourth-order valence-corrected chi connectivity index (χ4v) is 3.45. The van der Waals surface area contributed by atoms with Crippen molar-refractivity contribution in [3.63, 3.8) is 0 Å². The minimum Gasteiger partial charge on any atom is -0.381 e. The van der Waals surface area contributed by atoms with Crippen LogP contribution in [0.1, 0.15) is 37.8 Å². The number of halogens is 1. The summed E-state index contributed by atoms with van der Waals surface area (Å²) in [7, 11) is 1.83. The molecule has 1 N–H and O–H groups in total. The van der Waals surface area contributed by atoms with Gasteiger partial charge in [0.05, 0.1) is 6.10 Å². The van der Waals surface area contributed by atoms with Gasteiger partial charge < -0.3 is 15.0 Å². The molecule has 0 amide bonds. The Bertz CT molecular complexity index is 419. The van der Waals surface area contributed by atoms with Crippen LogP contribution in [0, 0.1) is 0 Å². The summed E-state index contributed by atoms with van der Waals surface area (Å²) in [5.41, 5.74) is 1.37. The van der Waals surface area contributed by atoms with E-state index in [1.165, 1.54) is 18.4 Å². The van der Waals surface area contributed by atoms with Crippen LogP contribution in [0.5, 0.6) is 0 Å². The highest BCUT2D eigenvalue weighted by atomic mass is 79.9. The van der Waals surface area contributed by atoms with E-state index in [1.807, 2.05) is 7.11 Å². The van der Waals surface area contributed by atoms with Crippen LogP contribution < -0.4 is 5.32 Å². The molecule has 1 aliphatic heterocycles. The van der Waals surface area contributed by atoms with E-state index in [2.05, 4.69) is 57.3 Å². The van der Waals surface area contributed by atoms with Gasteiger partial charge in [0, 0.05) is 30.7 Å². The van der Waals surface area contributed by atoms with E-state index in [1.54, 1.807) is 0 Å². The molecule has 0 aliphatic carbocycles. The normalized spacial score (nSPS) is 18.8. The molecule has 2 rings (SSSR count). The maximum Gasteiger partial charge on any atom is 0.0595 e. The van der Waals surface area contributed by atoms with Crippen LogP contribution in [0.15, 0.2) is 28.7 Å². The Morgan fingerprint density at radius 3 is 2.76 bits per heavy atom. The average Bonchev–Trinajstić information content (AvgIpc) is 2.52. The Hall–Kier alpha value is -0.420. The van der Waals surface area contributed by atoms with Crippen molar-refractivity contribution in [1.82, 2.24) is 10.2 Å². The summed E-state index contributed by atoms with van der Waals surface area (Å²) in [4.78, 5) is 2.57. The van der Waals surface area contributed by atoms with Gasteiger partial charge in [-0.3, -0.25) is 0 Å². The maximum absolute atomic E-state index is 5.44. The largest absolute Gasteiger partial charge is 0.381 e. The summed E-state index contributed by atoms with van der Waals surface area (Å²) in [5.74, 6) is 0. The molecule has 1 atom stereocenters.